The van der Waals surface area contributed by atoms with Crippen LogP contribution in [0.1, 0.15) is 11.6 Å². The van der Waals surface area contributed by atoms with Crippen molar-refractivity contribution in [3.63, 3.8) is 0 Å². The van der Waals surface area contributed by atoms with Gasteiger partial charge >= 0.3 is 0 Å². The van der Waals surface area contributed by atoms with Crippen molar-refractivity contribution in [2.24, 2.45) is 5.84 Å². The highest BCUT2D eigenvalue weighted by Crippen LogP contribution is 2.22. The van der Waals surface area contributed by atoms with Gasteiger partial charge in [0, 0.05) is 15.6 Å². The molecule has 0 radical (unpaired) electrons. The van der Waals surface area contributed by atoms with Gasteiger partial charge in [-0.1, -0.05) is 29.3 Å². The van der Waals surface area contributed by atoms with Crippen molar-refractivity contribution in [3.8, 4) is 5.75 Å². The fraction of sp³-hybridized carbons (Fsp3) is 0.143. The second-order valence-corrected chi connectivity index (χ2v) is 5.02. The lowest BCUT2D eigenvalue weighted by atomic mass is 10.1. The average Bonchev–Trinajstić information content (AvgIpc) is 2.43. The van der Waals surface area contributed by atoms with Crippen LogP contribution in [0.2, 0.25) is 10.0 Å². The van der Waals surface area contributed by atoms with Gasteiger partial charge in [-0.15, -0.1) is 0 Å². The zero-order chi connectivity index (χ0) is 14.5. The number of hydrogen-bond donors (Lipinski definition) is 2. The van der Waals surface area contributed by atoms with Crippen LogP contribution in [0, 0.1) is 5.82 Å². The Balaban J connectivity index is 2.07. The van der Waals surface area contributed by atoms with Crippen LogP contribution in [0.3, 0.4) is 0 Å². The molecule has 3 N–H and O–H groups in total. The van der Waals surface area contributed by atoms with Gasteiger partial charge in [0.2, 0.25) is 0 Å². The van der Waals surface area contributed by atoms with Crippen LogP contribution in [-0.2, 0) is 0 Å². The van der Waals surface area contributed by atoms with Gasteiger partial charge in [-0.2, -0.15) is 0 Å². The molecule has 6 heteroatoms. The van der Waals surface area contributed by atoms with E-state index in [1.165, 1.54) is 6.07 Å². The van der Waals surface area contributed by atoms with Crippen molar-refractivity contribution >= 4 is 23.2 Å². The van der Waals surface area contributed by atoms with Gasteiger partial charge < -0.3 is 4.74 Å². The van der Waals surface area contributed by atoms with Crippen molar-refractivity contribution < 1.29 is 9.13 Å². The summed E-state index contributed by atoms with van der Waals surface area (Å²) in [5, 5.41) is 0.954. The molecule has 2 aromatic carbocycles. The summed E-state index contributed by atoms with van der Waals surface area (Å²) >= 11 is 11.5. The molecule has 2 rings (SSSR count). The van der Waals surface area contributed by atoms with E-state index in [9.17, 15) is 4.39 Å². The predicted octanol–water partition coefficient (Wildman–Crippen LogP) is 3.72. The first-order chi connectivity index (χ1) is 9.60. The Morgan fingerprint density at radius 2 is 1.75 bits per heavy atom. The van der Waals surface area contributed by atoms with E-state index in [0.717, 1.165) is 0 Å². The third-order valence-electron chi connectivity index (χ3n) is 2.77. The van der Waals surface area contributed by atoms with E-state index < -0.39 is 11.9 Å². The van der Waals surface area contributed by atoms with E-state index in [2.05, 4.69) is 5.43 Å². The Bertz CT molecular complexity index is 578. The van der Waals surface area contributed by atoms with E-state index in [0.29, 0.717) is 21.4 Å². The summed E-state index contributed by atoms with van der Waals surface area (Å²) in [6, 6.07) is 10.8. The monoisotopic (exact) mass is 314 g/mol. The fourth-order valence-electron chi connectivity index (χ4n) is 1.72. The number of hydrazine groups is 1. The maximum atomic E-state index is 13.8. The number of hydrogen-bond acceptors (Lipinski definition) is 3. The number of benzene rings is 2. The minimum Gasteiger partial charge on any atom is -0.492 e. The molecular formula is C14H13Cl2FN2O. The number of nitrogens with one attached hydrogen (secondary N) is 1. The van der Waals surface area contributed by atoms with Crippen molar-refractivity contribution in [1.82, 2.24) is 5.43 Å². The first kappa shape index (κ1) is 15.1. The van der Waals surface area contributed by atoms with Crippen LogP contribution in [0.25, 0.3) is 0 Å². The highest BCUT2D eigenvalue weighted by molar-refractivity contribution is 6.30. The van der Waals surface area contributed by atoms with Crippen LogP contribution < -0.4 is 16.0 Å². The molecule has 0 aliphatic rings. The standard InChI is InChI=1S/C14H13Cl2FN2O/c15-9-1-4-11(5-2-9)20-8-14(19-18)12-6-3-10(16)7-13(12)17/h1-7,14,19H,8,18H2. The zero-order valence-electron chi connectivity index (χ0n) is 10.4. The number of nitrogens with two attached hydrogens (primary N) is 1. The normalized spacial score (nSPS) is 12.2. The largest absolute Gasteiger partial charge is 0.492 e. The SMILES string of the molecule is NNC(COc1ccc(Cl)cc1)c1ccc(Cl)cc1F. The highest BCUT2D eigenvalue weighted by atomic mass is 35.5. The van der Waals surface area contributed by atoms with Crippen molar-refractivity contribution in [2.45, 2.75) is 6.04 Å². The molecule has 0 heterocycles. The first-order valence-corrected chi connectivity index (χ1v) is 6.65. The van der Waals surface area contributed by atoms with Gasteiger partial charge in [0.1, 0.15) is 18.2 Å². The third-order valence-corrected chi connectivity index (χ3v) is 3.26. The maximum absolute atomic E-state index is 13.8. The predicted molar refractivity (Wildman–Crippen MR) is 78.4 cm³/mol. The molecule has 0 saturated heterocycles. The maximum Gasteiger partial charge on any atom is 0.129 e. The molecule has 0 fully saturated rings. The van der Waals surface area contributed by atoms with Crippen molar-refractivity contribution in [1.29, 1.82) is 0 Å². The summed E-state index contributed by atoms with van der Waals surface area (Å²) in [5.74, 6) is 5.65. The van der Waals surface area contributed by atoms with Crippen molar-refractivity contribution in [3.05, 3.63) is 63.9 Å². The topological polar surface area (TPSA) is 47.3 Å². The van der Waals surface area contributed by atoms with Crippen LogP contribution in [-0.4, -0.2) is 6.61 Å². The zero-order valence-corrected chi connectivity index (χ0v) is 12.0. The van der Waals surface area contributed by atoms with E-state index >= 15 is 0 Å². The second kappa shape index (κ2) is 6.90. The molecular weight excluding hydrogens is 302 g/mol. The molecule has 0 amide bonds. The molecule has 0 bridgehead atoms. The average molecular weight is 315 g/mol. The first-order valence-electron chi connectivity index (χ1n) is 5.89. The fourth-order valence-corrected chi connectivity index (χ4v) is 2.01. The van der Waals surface area contributed by atoms with Gasteiger partial charge in [-0.05, 0) is 36.4 Å². The molecule has 0 aliphatic heterocycles. The molecule has 3 nitrogen and oxygen atoms in total. The van der Waals surface area contributed by atoms with E-state index in [4.69, 9.17) is 33.8 Å². The van der Waals surface area contributed by atoms with Crippen LogP contribution in [0.15, 0.2) is 42.5 Å². The minimum absolute atomic E-state index is 0.177. The summed E-state index contributed by atoms with van der Waals surface area (Å²) in [4.78, 5) is 0. The second-order valence-electron chi connectivity index (χ2n) is 4.15. The summed E-state index contributed by atoms with van der Waals surface area (Å²) in [6.07, 6.45) is 0. The Hall–Kier alpha value is -1.33. The molecule has 20 heavy (non-hydrogen) atoms. The molecule has 0 aliphatic carbocycles. The molecule has 106 valence electrons. The third kappa shape index (κ3) is 3.84. The summed E-state index contributed by atoms with van der Waals surface area (Å²) < 4.78 is 19.4. The number of rotatable bonds is 5. The summed E-state index contributed by atoms with van der Waals surface area (Å²) in [7, 11) is 0. The smallest absolute Gasteiger partial charge is 0.129 e. The Morgan fingerprint density at radius 3 is 2.35 bits per heavy atom. The lowest BCUT2D eigenvalue weighted by Gasteiger charge is -2.18. The quantitative estimate of drug-likeness (QED) is 0.653. The van der Waals surface area contributed by atoms with Gasteiger partial charge in [0.05, 0.1) is 6.04 Å². The highest BCUT2D eigenvalue weighted by Gasteiger charge is 2.15. The molecule has 1 atom stereocenters. The van der Waals surface area contributed by atoms with Crippen LogP contribution >= 0.6 is 23.2 Å². The molecule has 0 aromatic heterocycles. The summed E-state index contributed by atoms with van der Waals surface area (Å²) in [6.45, 7) is 0.177. The lowest BCUT2D eigenvalue weighted by molar-refractivity contribution is 0.264. The minimum atomic E-state index is -0.483. The van der Waals surface area contributed by atoms with Crippen molar-refractivity contribution in [2.75, 3.05) is 6.61 Å². The van der Waals surface area contributed by atoms with Crippen LogP contribution in [0.4, 0.5) is 4.39 Å². The van der Waals surface area contributed by atoms with Gasteiger partial charge in [0.15, 0.2) is 0 Å². The Labute approximate surface area is 126 Å². The number of ether oxygens (including phenoxy) is 1. The van der Waals surface area contributed by atoms with Crippen LogP contribution in [0.5, 0.6) is 5.75 Å². The molecule has 2 aromatic rings. The van der Waals surface area contributed by atoms with Gasteiger partial charge in [-0.25, -0.2) is 9.82 Å². The Kier molecular flexibility index (Phi) is 5.20. The van der Waals surface area contributed by atoms with E-state index in [1.807, 2.05) is 0 Å². The lowest BCUT2D eigenvalue weighted by Crippen LogP contribution is -2.33. The van der Waals surface area contributed by atoms with Gasteiger partial charge in [0.25, 0.3) is 0 Å². The molecule has 1 unspecified atom stereocenters. The molecule has 0 saturated carbocycles. The Morgan fingerprint density at radius 1 is 1.10 bits per heavy atom. The number of halogens is 3. The van der Waals surface area contributed by atoms with E-state index in [-0.39, 0.29) is 6.61 Å². The molecule has 0 spiro atoms. The van der Waals surface area contributed by atoms with E-state index in [1.54, 1.807) is 36.4 Å². The summed E-state index contributed by atoms with van der Waals surface area (Å²) in [5.41, 5.74) is 2.92. The van der Waals surface area contributed by atoms with Gasteiger partial charge in [-0.3, -0.25) is 5.84 Å².